The third-order valence-corrected chi connectivity index (χ3v) is 6.32. The third kappa shape index (κ3) is 2.54. The summed E-state index contributed by atoms with van der Waals surface area (Å²) >= 11 is 0. The maximum Gasteiger partial charge on any atom is 0.244 e. The van der Waals surface area contributed by atoms with Crippen molar-refractivity contribution < 1.29 is 9.53 Å². The number of amides is 1. The Morgan fingerprint density at radius 3 is 2.73 bits per heavy atom. The van der Waals surface area contributed by atoms with E-state index < -0.39 is 0 Å². The summed E-state index contributed by atoms with van der Waals surface area (Å²) < 4.78 is 9.26. The minimum atomic E-state index is 0.147. The molecule has 1 aliphatic heterocycles. The lowest BCUT2D eigenvalue weighted by atomic mass is 10.1. The van der Waals surface area contributed by atoms with E-state index in [1.165, 1.54) is 0 Å². The molecule has 0 spiro atoms. The Bertz CT molecular complexity index is 1280. The van der Waals surface area contributed by atoms with Crippen LogP contribution in [-0.2, 0) is 4.79 Å². The van der Waals surface area contributed by atoms with E-state index in [-0.39, 0.29) is 5.91 Å². The number of hydrogen-bond donors (Lipinski definition) is 1. The van der Waals surface area contributed by atoms with Crippen LogP contribution in [0.15, 0.2) is 42.9 Å². The highest BCUT2D eigenvalue weighted by Gasteiger charge is 2.56. The first-order valence-electron chi connectivity index (χ1n) is 10.0. The largest absolute Gasteiger partial charge is 0.479 e. The summed E-state index contributed by atoms with van der Waals surface area (Å²) in [6.45, 7) is 3.24. The highest BCUT2D eigenvalue weighted by Crippen LogP contribution is 2.47. The lowest BCUT2D eigenvalue weighted by Gasteiger charge is -2.18. The summed E-state index contributed by atoms with van der Waals surface area (Å²) in [5, 5.41) is 12.4. The van der Waals surface area contributed by atoms with Crippen LogP contribution in [0.1, 0.15) is 6.92 Å². The van der Waals surface area contributed by atoms with Gasteiger partial charge in [0.25, 0.3) is 0 Å². The van der Waals surface area contributed by atoms with Crippen molar-refractivity contribution in [1.82, 2.24) is 29.1 Å². The number of nitrogens with zero attached hydrogens (tertiary/aromatic N) is 6. The molecule has 9 nitrogen and oxygen atoms in total. The smallest absolute Gasteiger partial charge is 0.244 e. The predicted octanol–water partition coefficient (Wildman–Crippen LogP) is 1.94. The Kier molecular flexibility index (Phi) is 3.56. The molecule has 1 amide bonds. The number of rotatable bonds is 4. The highest BCUT2D eigenvalue weighted by molar-refractivity contribution is 5.85. The van der Waals surface area contributed by atoms with Crippen LogP contribution in [0.25, 0.3) is 22.2 Å². The SMILES string of the molecule is COc1nc(NC2[C@H]3CN(C(C)=O)C[C@@H]23)nn2ccc(-c3ccn4nccc4c3)c12. The number of anilines is 1. The van der Waals surface area contributed by atoms with Gasteiger partial charge in [-0.1, -0.05) is 0 Å². The maximum absolute atomic E-state index is 11.5. The molecule has 1 aliphatic carbocycles. The summed E-state index contributed by atoms with van der Waals surface area (Å²) in [5.74, 6) is 2.16. The molecule has 0 bridgehead atoms. The standard InChI is InChI=1S/C21H21N7O2/c1-12(29)26-10-16-17(11-26)18(16)23-21-24-20(30-2)19-15(5-8-28(19)25-21)13-4-7-27-14(9-13)3-6-22-27/h3-9,16-18H,10-11H2,1-2H3,(H,23,25)/t16-,17+,18?. The van der Waals surface area contributed by atoms with E-state index in [9.17, 15) is 4.79 Å². The van der Waals surface area contributed by atoms with E-state index >= 15 is 0 Å². The first-order chi connectivity index (χ1) is 14.6. The minimum absolute atomic E-state index is 0.147. The van der Waals surface area contributed by atoms with Gasteiger partial charge in [-0.3, -0.25) is 4.79 Å². The maximum atomic E-state index is 11.5. The quantitative estimate of drug-likeness (QED) is 0.560. The Morgan fingerprint density at radius 1 is 1.17 bits per heavy atom. The highest BCUT2D eigenvalue weighted by atomic mass is 16.5. The molecule has 2 fully saturated rings. The second-order valence-electron chi connectivity index (χ2n) is 8.01. The molecule has 0 radical (unpaired) electrons. The zero-order valence-corrected chi connectivity index (χ0v) is 16.7. The molecule has 0 aromatic carbocycles. The van der Waals surface area contributed by atoms with Crippen molar-refractivity contribution in [1.29, 1.82) is 0 Å². The molecular weight excluding hydrogens is 382 g/mol. The lowest BCUT2D eigenvalue weighted by Crippen LogP contribution is -2.32. The molecule has 6 rings (SSSR count). The van der Waals surface area contributed by atoms with Gasteiger partial charge in [0.05, 0.1) is 12.6 Å². The van der Waals surface area contributed by atoms with Gasteiger partial charge in [0, 0.05) is 62.0 Å². The summed E-state index contributed by atoms with van der Waals surface area (Å²) in [7, 11) is 1.62. The molecule has 1 saturated heterocycles. The number of fused-ring (bicyclic) bond motifs is 3. The number of ether oxygens (including phenoxy) is 1. The molecule has 2 aliphatic rings. The number of carbonyl (C=O) groups excluding carboxylic acids is 1. The average molecular weight is 403 g/mol. The average Bonchev–Trinajstić information content (AvgIpc) is 3.23. The Hall–Kier alpha value is -3.62. The molecule has 1 unspecified atom stereocenters. The monoisotopic (exact) mass is 403 g/mol. The number of carbonyl (C=O) groups is 1. The van der Waals surface area contributed by atoms with Crippen molar-refractivity contribution >= 4 is 22.9 Å². The van der Waals surface area contributed by atoms with E-state index in [0.717, 1.165) is 35.2 Å². The fourth-order valence-corrected chi connectivity index (χ4v) is 4.66. The summed E-state index contributed by atoms with van der Waals surface area (Å²) in [4.78, 5) is 18.1. The van der Waals surface area contributed by atoms with Crippen LogP contribution in [0.5, 0.6) is 5.88 Å². The number of piperidine rings is 1. The van der Waals surface area contributed by atoms with Gasteiger partial charge in [0.2, 0.25) is 17.7 Å². The van der Waals surface area contributed by atoms with Crippen LogP contribution in [0, 0.1) is 11.8 Å². The molecule has 4 aromatic heterocycles. The van der Waals surface area contributed by atoms with Crippen molar-refractivity contribution in [3.63, 3.8) is 0 Å². The van der Waals surface area contributed by atoms with Crippen LogP contribution in [0.2, 0.25) is 0 Å². The zero-order valence-electron chi connectivity index (χ0n) is 16.7. The minimum Gasteiger partial charge on any atom is -0.479 e. The van der Waals surface area contributed by atoms with Crippen LogP contribution in [-0.4, -0.2) is 61.3 Å². The second-order valence-corrected chi connectivity index (χ2v) is 8.01. The molecule has 5 heterocycles. The van der Waals surface area contributed by atoms with Crippen molar-refractivity contribution in [2.75, 3.05) is 25.5 Å². The Morgan fingerprint density at radius 2 is 1.97 bits per heavy atom. The number of pyridine rings is 1. The van der Waals surface area contributed by atoms with Gasteiger partial charge < -0.3 is 15.0 Å². The summed E-state index contributed by atoms with van der Waals surface area (Å²) in [6, 6.07) is 8.40. The van der Waals surface area contributed by atoms with E-state index in [2.05, 4.69) is 26.6 Å². The van der Waals surface area contributed by atoms with Crippen LogP contribution >= 0.6 is 0 Å². The van der Waals surface area contributed by atoms with Crippen molar-refractivity contribution in [2.24, 2.45) is 11.8 Å². The summed E-state index contributed by atoms with van der Waals surface area (Å²) in [5.41, 5.74) is 3.90. The number of hydrogen-bond acceptors (Lipinski definition) is 6. The fourth-order valence-electron chi connectivity index (χ4n) is 4.66. The molecule has 1 saturated carbocycles. The van der Waals surface area contributed by atoms with Gasteiger partial charge in [-0.2, -0.15) is 10.1 Å². The number of likely N-dealkylation sites (tertiary alicyclic amines) is 1. The molecular formula is C21H21N7O2. The van der Waals surface area contributed by atoms with Crippen molar-refractivity contribution in [3.8, 4) is 17.0 Å². The topological polar surface area (TPSA) is 89.1 Å². The van der Waals surface area contributed by atoms with Crippen LogP contribution in [0.4, 0.5) is 5.95 Å². The van der Waals surface area contributed by atoms with Crippen molar-refractivity contribution in [3.05, 3.63) is 42.9 Å². The number of aromatic nitrogens is 5. The summed E-state index contributed by atoms with van der Waals surface area (Å²) in [6.07, 6.45) is 5.64. The van der Waals surface area contributed by atoms with E-state index in [0.29, 0.717) is 29.7 Å². The van der Waals surface area contributed by atoms with Gasteiger partial charge in [0.1, 0.15) is 5.52 Å². The zero-order chi connectivity index (χ0) is 20.4. The second kappa shape index (κ2) is 6.19. The van der Waals surface area contributed by atoms with E-state index in [1.54, 1.807) is 20.2 Å². The molecule has 1 N–H and O–H groups in total. The van der Waals surface area contributed by atoms with Crippen LogP contribution < -0.4 is 10.1 Å². The first-order valence-corrected chi connectivity index (χ1v) is 10.0. The Labute approximate surface area is 172 Å². The van der Waals surface area contributed by atoms with Gasteiger partial charge in [0.15, 0.2) is 0 Å². The van der Waals surface area contributed by atoms with Gasteiger partial charge in [-0.25, -0.2) is 9.03 Å². The van der Waals surface area contributed by atoms with Crippen molar-refractivity contribution in [2.45, 2.75) is 13.0 Å². The van der Waals surface area contributed by atoms with Gasteiger partial charge in [-0.05, 0) is 29.8 Å². The molecule has 4 aromatic rings. The lowest BCUT2D eigenvalue weighted by molar-refractivity contribution is -0.128. The molecule has 3 atom stereocenters. The molecule has 152 valence electrons. The normalized spacial score (nSPS) is 22.5. The van der Waals surface area contributed by atoms with E-state index in [1.807, 2.05) is 44.5 Å². The first kappa shape index (κ1) is 17.3. The number of methoxy groups -OCH3 is 1. The number of nitrogens with one attached hydrogen (secondary N) is 1. The van der Waals surface area contributed by atoms with Gasteiger partial charge in [-0.15, -0.1) is 5.10 Å². The fraction of sp³-hybridized carbons (Fsp3) is 0.333. The van der Waals surface area contributed by atoms with Crippen LogP contribution in [0.3, 0.4) is 0 Å². The van der Waals surface area contributed by atoms with E-state index in [4.69, 9.17) is 4.74 Å². The molecule has 30 heavy (non-hydrogen) atoms. The third-order valence-electron chi connectivity index (χ3n) is 6.32. The van der Waals surface area contributed by atoms with Gasteiger partial charge >= 0.3 is 0 Å². The molecule has 9 heteroatoms. The predicted molar refractivity (Wildman–Crippen MR) is 110 cm³/mol. The Balaban J connectivity index is 1.31.